The number of ether oxygens (including phenoxy) is 1. The average Bonchev–Trinajstić information content (AvgIpc) is 3.08. The van der Waals surface area contributed by atoms with Crippen molar-refractivity contribution in [2.45, 2.75) is 43.7 Å². The van der Waals surface area contributed by atoms with Crippen molar-refractivity contribution in [3.63, 3.8) is 0 Å². The molecule has 1 aromatic rings. The average molecular weight is 231 g/mol. The molecule has 2 aliphatic rings. The second-order valence-electron chi connectivity index (χ2n) is 5.26. The van der Waals surface area contributed by atoms with Crippen LogP contribution in [0.4, 0.5) is 0 Å². The van der Waals surface area contributed by atoms with Crippen LogP contribution < -0.4 is 5.32 Å². The van der Waals surface area contributed by atoms with E-state index in [9.17, 15) is 0 Å². The molecule has 2 fully saturated rings. The van der Waals surface area contributed by atoms with E-state index >= 15 is 0 Å². The van der Waals surface area contributed by atoms with Gasteiger partial charge in [0.1, 0.15) is 0 Å². The Morgan fingerprint density at radius 1 is 1.24 bits per heavy atom. The first-order valence-corrected chi connectivity index (χ1v) is 6.75. The molecule has 1 aliphatic carbocycles. The van der Waals surface area contributed by atoms with Crippen LogP contribution in [-0.4, -0.2) is 19.7 Å². The maximum atomic E-state index is 5.78. The van der Waals surface area contributed by atoms with Crippen LogP contribution in [-0.2, 0) is 4.74 Å². The molecular formula is C15H21NO. The van der Waals surface area contributed by atoms with Gasteiger partial charge in [0.05, 0.1) is 6.10 Å². The Bertz CT molecular complexity index is 380. The summed E-state index contributed by atoms with van der Waals surface area (Å²) in [5, 5.41) is 3.57. The lowest BCUT2D eigenvalue weighted by molar-refractivity contribution is 0.0734. The molecule has 0 amide bonds. The van der Waals surface area contributed by atoms with Crippen molar-refractivity contribution in [2.75, 3.05) is 13.7 Å². The highest BCUT2D eigenvalue weighted by atomic mass is 16.5. The Kier molecular flexibility index (Phi) is 3.17. The van der Waals surface area contributed by atoms with Crippen LogP contribution >= 0.6 is 0 Å². The molecule has 1 saturated carbocycles. The van der Waals surface area contributed by atoms with Gasteiger partial charge in [0.25, 0.3) is 0 Å². The smallest absolute Gasteiger partial charge is 0.0976 e. The highest BCUT2D eigenvalue weighted by Crippen LogP contribution is 2.44. The minimum atomic E-state index is 0.231. The van der Waals surface area contributed by atoms with Gasteiger partial charge in [-0.1, -0.05) is 24.3 Å². The SMILES string of the molecule is COC(c1ccccc1C1CC1)C1CCCN1. The van der Waals surface area contributed by atoms with E-state index in [-0.39, 0.29) is 6.10 Å². The van der Waals surface area contributed by atoms with Gasteiger partial charge in [-0.2, -0.15) is 0 Å². The largest absolute Gasteiger partial charge is 0.375 e. The second-order valence-corrected chi connectivity index (χ2v) is 5.26. The molecule has 1 N–H and O–H groups in total. The van der Waals surface area contributed by atoms with Gasteiger partial charge in [0.15, 0.2) is 0 Å². The summed E-state index contributed by atoms with van der Waals surface area (Å²) >= 11 is 0. The molecule has 2 atom stereocenters. The standard InChI is InChI=1S/C15H21NO/c1-17-15(14-7-4-10-16-14)13-6-3-2-5-12(13)11-8-9-11/h2-3,5-6,11,14-16H,4,7-10H2,1H3. The summed E-state index contributed by atoms with van der Waals surface area (Å²) in [6.07, 6.45) is 5.44. The minimum absolute atomic E-state index is 0.231. The summed E-state index contributed by atoms with van der Waals surface area (Å²) in [4.78, 5) is 0. The summed E-state index contributed by atoms with van der Waals surface area (Å²) < 4.78 is 5.78. The van der Waals surface area contributed by atoms with Crippen molar-refractivity contribution in [1.82, 2.24) is 5.32 Å². The fourth-order valence-electron chi connectivity index (χ4n) is 3.01. The molecular weight excluding hydrogens is 210 g/mol. The number of methoxy groups -OCH3 is 1. The van der Waals surface area contributed by atoms with Crippen LogP contribution in [0, 0.1) is 0 Å². The van der Waals surface area contributed by atoms with Crippen LogP contribution in [0.2, 0.25) is 0 Å². The van der Waals surface area contributed by atoms with Gasteiger partial charge in [-0.25, -0.2) is 0 Å². The summed E-state index contributed by atoms with van der Waals surface area (Å²) in [5.41, 5.74) is 2.94. The fraction of sp³-hybridized carbons (Fsp3) is 0.600. The Labute approximate surface area is 103 Å². The monoisotopic (exact) mass is 231 g/mol. The van der Waals surface area contributed by atoms with Crippen molar-refractivity contribution in [2.24, 2.45) is 0 Å². The van der Waals surface area contributed by atoms with Gasteiger partial charge >= 0.3 is 0 Å². The highest BCUT2D eigenvalue weighted by molar-refractivity contribution is 5.35. The van der Waals surface area contributed by atoms with E-state index in [0.29, 0.717) is 6.04 Å². The van der Waals surface area contributed by atoms with Crippen molar-refractivity contribution in [1.29, 1.82) is 0 Å². The molecule has 2 heteroatoms. The molecule has 0 radical (unpaired) electrons. The Morgan fingerprint density at radius 3 is 2.71 bits per heavy atom. The van der Waals surface area contributed by atoms with Crippen LogP contribution in [0.5, 0.6) is 0 Å². The van der Waals surface area contributed by atoms with E-state index in [1.54, 1.807) is 0 Å². The van der Waals surface area contributed by atoms with Crippen LogP contribution in [0.3, 0.4) is 0 Å². The lowest BCUT2D eigenvalue weighted by atomic mass is 9.94. The Balaban J connectivity index is 1.89. The molecule has 0 bridgehead atoms. The zero-order valence-electron chi connectivity index (χ0n) is 10.5. The number of hydrogen-bond donors (Lipinski definition) is 1. The van der Waals surface area contributed by atoms with E-state index in [1.807, 2.05) is 7.11 Å². The van der Waals surface area contributed by atoms with Gasteiger partial charge in [-0.15, -0.1) is 0 Å². The molecule has 1 aromatic carbocycles. The van der Waals surface area contributed by atoms with E-state index in [0.717, 1.165) is 12.5 Å². The molecule has 17 heavy (non-hydrogen) atoms. The van der Waals surface area contributed by atoms with Crippen LogP contribution in [0.1, 0.15) is 48.8 Å². The van der Waals surface area contributed by atoms with E-state index in [4.69, 9.17) is 4.74 Å². The normalized spacial score (nSPS) is 26.1. The number of benzene rings is 1. The van der Waals surface area contributed by atoms with Gasteiger partial charge in [0.2, 0.25) is 0 Å². The summed E-state index contributed by atoms with van der Waals surface area (Å²) in [6, 6.07) is 9.34. The molecule has 2 unspecified atom stereocenters. The molecule has 0 spiro atoms. The first kappa shape index (κ1) is 11.2. The summed E-state index contributed by atoms with van der Waals surface area (Å²) in [6.45, 7) is 1.14. The number of rotatable bonds is 4. The highest BCUT2D eigenvalue weighted by Gasteiger charge is 2.32. The zero-order valence-corrected chi connectivity index (χ0v) is 10.5. The molecule has 3 rings (SSSR count). The zero-order chi connectivity index (χ0) is 11.7. The maximum absolute atomic E-state index is 5.78. The number of nitrogens with one attached hydrogen (secondary N) is 1. The van der Waals surface area contributed by atoms with Gasteiger partial charge in [-0.05, 0) is 49.3 Å². The summed E-state index contributed by atoms with van der Waals surface area (Å²) in [5.74, 6) is 0.797. The lowest BCUT2D eigenvalue weighted by Gasteiger charge is -2.25. The molecule has 1 heterocycles. The lowest BCUT2D eigenvalue weighted by Crippen LogP contribution is -2.30. The van der Waals surface area contributed by atoms with Gasteiger partial charge in [0, 0.05) is 13.2 Å². The van der Waals surface area contributed by atoms with Crippen molar-refractivity contribution in [3.05, 3.63) is 35.4 Å². The van der Waals surface area contributed by atoms with Crippen molar-refractivity contribution < 1.29 is 4.74 Å². The molecule has 92 valence electrons. The third-order valence-electron chi connectivity index (χ3n) is 4.04. The van der Waals surface area contributed by atoms with Crippen LogP contribution in [0.25, 0.3) is 0 Å². The number of hydrogen-bond acceptors (Lipinski definition) is 2. The molecule has 1 aliphatic heterocycles. The second kappa shape index (κ2) is 4.79. The van der Waals surface area contributed by atoms with E-state index in [1.165, 1.54) is 36.8 Å². The third kappa shape index (κ3) is 2.24. The fourth-order valence-corrected chi connectivity index (χ4v) is 3.01. The first-order valence-electron chi connectivity index (χ1n) is 6.75. The molecule has 1 saturated heterocycles. The van der Waals surface area contributed by atoms with E-state index < -0.39 is 0 Å². The minimum Gasteiger partial charge on any atom is -0.375 e. The Morgan fingerprint density at radius 2 is 2.06 bits per heavy atom. The quantitative estimate of drug-likeness (QED) is 0.860. The van der Waals surface area contributed by atoms with Crippen molar-refractivity contribution in [3.8, 4) is 0 Å². The van der Waals surface area contributed by atoms with Gasteiger partial charge in [-0.3, -0.25) is 0 Å². The summed E-state index contributed by atoms with van der Waals surface area (Å²) in [7, 11) is 1.84. The van der Waals surface area contributed by atoms with Crippen LogP contribution in [0.15, 0.2) is 24.3 Å². The Hall–Kier alpha value is -0.860. The van der Waals surface area contributed by atoms with E-state index in [2.05, 4.69) is 29.6 Å². The molecule has 0 aromatic heterocycles. The predicted molar refractivity (Wildman–Crippen MR) is 69.2 cm³/mol. The van der Waals surface area contributed by atoms with Gasteiger partial charge < -0.3 is 10.1 Å². The third-order valence-corrected chi connectivity index (χ3v) is 4.04. The topological polar surface area (TPSA) is 21.3 Å². The predicted octanol–water partition coefficient (Wildman–Crippen LogP) is 3.00. The first-order chi connectivity index (χ1) is 8.40. The molecule has 2 nitrogen and oxygen atoms in total. The maximum Gasteiger partial charge on any atom is 0.0976 e. The van der Waals surface area contributed by atoms with Crippen molar-refractivity contribution >= 4 is 0 Å².